The van der Waals surface area contributed by atoms with Gasteiger partial charge in [-0.3, -0.25) is 4.79 Å². The summed E-state index contributed by atoms with van der Waals surface area (Å²) in [6.07, 6.45) is 3.02. The highest BCUT2D eigenvalue weighted by molar-refractivity contribution is 5.99. The number of hydrogen-bond acceptors (Lipinski definition) is 4. The molecule has 6 heteroatoms. The third-order valence-electron chi connectivity index (χ3n) is 7.75. The predicted octanol–water partition coefficient (Wildman–Crippen LogP) is 6.41. The fraction of sp³-hybridized carbons (Fsp3) is 0.364. The second-order valence-corrected chi connectivity index (χ2v) is 10.6. The Balaban J connectivity index is 1.41. The Bertz CT molecular complexity index is 1400. The number of aryl methyl sites for hydroxylation is 1. The lowest BCUT2D eigenvalue weighted by atomic mass is 9.91. The van der Waals surface area contributed by atoms with E-state index in [2.05, 4.69) is 72.4 Å². The highest BCUT2D eigenvalue weighted by atomic mass is 16.5. The van der Waals surface area contributed by atoms with Gasteiger partial charge < -0.3 is 24.3 Å². The summed E-state index contributed by atoms with van der Waals surface area (Å²) in [4.78, 5) is 21.4. The highest BCUT2D eigenvalue weighted by Gasteiger charge is 2.21. The Morgan fingerprint density at radius 1 is 0.974 bits per heavy atom. The zero-order valence-corrected chi connectivity index (χ0v) is 23.3. The number of nitrogens with one attached hydrogen (secondary N) is 1. The van der Waals surface area contributed by atoms with Gasteiger partial charge in [0, 0.05) is 29.6 Å². The van der Waals surface area contributed by atoms with Crippen LogP contribution in [0.4, 0.5) is 0 Å². The van der Waals surface area contributed by atoms with Crippen molar-refractivity contribution in [1.82, 2.24) is 14.8 Å². The van der Waals surface area contributed by atoms with Crippen molar-refractivity contribution in [2.45, 2.75) is 38.6 Å². The molecule has 1 unspecified atom stereocenters. The Morgan fingerprint density at radius 2 is 1.82 bits per heavy atom. The van der Waals surface area contributed by atoms with Gasteiger partial charge in [-0.25, -0.2) is 0 Å². The van der Waals surface area contributed by atoms with E-state index >= 15 is 0 Å². The molecule has 0 spiro atoms. The largest absolute Gasteiger partial charge is 0.496 e. The number of hydrogen-bond donors (Lipinski definition) is 1. The van der Waals surface area contributed by atoms with E-state index < -0.39 is 0 Å². The summed E-state index contributed by atoms with van der Waals surface area (Å²) in [5, 5.41) is 0.916. The minimum atomic E-state index is -0.0101. The van der Waals surface area contributed by atoms with Crippen molar-refractivity contribution >= 4 is 16.8 Å². The summed E-state index contributed by atoms with van der Waals surface area (Å²) in [5.74, 6) is 2.09. The van der Waals surface area contributed by atoms with Gasteiger partial charge in [0.05, 0.1) is 13.7 Å². The topological polar surface area (TPSA) is 57.8 Å². The summed E-state index contributed by atoms with van der Waals surface area (Å²) in [5.41, 5.74) is 5.26. The molecule has 0 bridgehead atoms. The van der Waals surface area contributed by atoms with Crippen LogP contribution in [0.1, 0.15) is 52.4 Å². The number of carbonyl (C=O) groups is 1. The van der Waals surface area contributed by atoms with E-state index in [1.54, 1.807) is 7.11 Å². The van der Waals surface area contributed by atoms with E-state index in [1.165, 1.54) is 16.7 Å². The smallest absolute Gasteiger partial charge is 0.270 e. The molecule has 0 fully saturated rings. The number of aromatic amines is 1. The Labute approximate surface area is 231 Å². The quantitative estimate of drug-likeness (QED) is 0.336. The van der Waals surface area contributed by atoms with E-state index in [9.17, 15) is 4.79 Å². The second kappa shape index (κ2) is 12.4. The molecule has 4 aromatic rings. The minimum absolute atomic E-state index is 0.0101. The molecule has 0 saturated carbocycles. The molecule has 5 rings (SSSR count). The normalized spacial score (nSPS) is 17.7. The first-order valence-electron chi connectivity index (χ1n) is 13.9. The monoisotopic (exact) mass is 525 g/mol. The number of amides is 1. The molecule has 1 aliphatic rings. The number of methoxy groups -OCH3 is 1. The number of ether oxygens (including phenoxy) is 2. The Hall–Kier alpha value is -3.77. The van der Waals surface area contributed by atoms with Crippen molar-refractivity contribution in [3.63, 3.8) is 0 Å². The highest BCUT2D eigenvalue weighted by Crippen LogP contribution is 2.29. The van der Waals surface area contributed by atoms with Crippen molar-refractivity contribution in [2.75, 3.05) is 40.4 Å². The maximum Gasteiger partial charge on any atom is 0.270 e. The standard InChI is InChI=1S/C33H39N3O3/c1-24-14-15-31-27(21-24)23-35(2)18-16-26(25-9-5-4-6-10-25)11-8-17-36(19-20-39-31)33(37)30-22-28-29(34-30)12-7-13-32(28)38-3/h4-7,9-10,12-15,21-22,26,34H,8,11,16-20,23H2,1-3H3. The molecule has 1 amide bonds. The zero-order chi connectivity index (χ0) is 27.2. The van der Waals surface area contributed by atoms with Crippen LogP contribution in [0.25, 0.3) is 10.9 Å². The van der Waals surface area contributed by atoms with Gasteiger partial charge in [-0.2, -0.15) is 0 Å². The number of H-pyrrole nitrogens is 1. The van der Waals surface area contributed by atoms with E-state index in [4.69, 9.17) is 9.47 Å². The van der Waals surface area contributed by atoms with Crippen molar-refractivity contribution in [1.29, 1.82) is 0 Å². The van der Waals surface area contributed by atoms with Crippen LogP contribution in [-0.2, 0) is 6.54 Å². The Morgan fingerprint density at radius 3 is 2.64 bits per heavy atom. The van der Waals surface area contributed by atoms with Crippen LogP contribution in [0.5, 0.6) is 11.5 Å². The molecule has 1 aromatic heterocycles. The molecule has 0 radical (unpaired) electrons. The molecule has 0 aliphatic carbocycles. The molecular formula is C33H39N3O3. The van der Waals surface area contributed by atoms with Crippen LogP contribution < -0.4 is 9.47 Å². The van der Waals surface area contributed by atoms with Gasteiger partial charge in [0.1, 0.15) is 23.8 Å². The number of rotatable bonds is 3. The summed E-state index contributed by atoms with van der Waals surface area (Å²) in [6, 6.07) is 24.9. The molecule has 204 valence electrons. The van der Waals surface area contributed by atoms with Crippen molar-refractivity contribution in [2.24, 2.45) is 0 Å². The molecule has 1 aliphatic heterocycles. The van der Waals surface area contributed by atoms with E-state index in [1.807, 2.05) is 29.2 Å². The van der Waals surface area contributed by atoms with Crippen LogP contribution in [0.3, 0.4) is 0 Å². The molecule has 6 nitrogen and oxygen atoms in total. The molecule has 1 atom stereocenters. The maximum atomic E-state index is 13.8. The minimum Gasteiger partial charge on any atom is -0.496 e. The fourth-order valence-electron chi connectivity index (χ4n) is 5.62. The average molecular weight is 526 g/mol. The lowest BCUT2D eigenvalue weighted by molar-refractivity contribution is 0.0719. The van der Waals surface area contributed by atoms with E-state index in [-0.39, 0.29) is 5.91 Å². The number of carbonyl (C=O) groups excluding carboxylic acids is 1. The van der Waals surface area contributed by atoms with Crippen LogP contribution in [0.2, 0.25) is 0 Å². The van der Waals surface area contributed by atoms with Crippen LogP contribution in [0.15, 0.2) is 72.8 Å². The number of benzene rings is 3. The van der Waals surface area contributed by atoms with E-state index in [0.29, 0.717) is 31.3 Å². The second-order valence-electron chi connectivity index (χ2n) is 10.6. The number of fused-ring (bicyclic) bond motifs is 2. The van der Waals surface area contributed by atoms with Gasteiger partial charge in [-0.15, -0.1) is 0 Å². The lowest BCUT2D eigenvalue weighted by Gasteiger charge is -2.27. The first-order valence-corrected chi connectivity index (χ1v) is 13.9. The summed E-state index contributed by atoms with van der Waals surface area (Å²) < 4.78 is 11.8. The lowest BCUT2D eigenvalue weighted by Crippen LogP contribution is -2.36. The first kappa shape index (κ1) is 26.8. The van der Waals surface area contributed by atoms with Crippen LogP contribution in [-0.4, -0.2) is 61.1 Å². The first-order chi connectivity index (χ1) is 19.0. The maximum absolute atomic E-state index is 13.8. The van der Waals surface area contributed by atoms with Gasteiger partial charge in [0.15, 0.2) is 0 Å². The number of nitrogens with zero attached hydrogens (tertiary/aromatic N) is 2. The average Bonchev–Trinajstić information content (AvgIpc) is 3.39. The van der Waals surface area contributed by atoms with Crippen molar-refractivity contribution in [3.05, 3.63) is 95.2 Å². The zero-order valence-electron chi connectivity index (χ0n) is 23.3. The van der Waals surface area contributed by atoms with Gasteiger partial charge >= 0.3 is 0 Å². The summed E-state index contributed by atoms with van der Waals surface area (Å²) in [7, 11) is 3.85. The summed E-state index contributed by atoms with van der Waals surface area (Å²) in [6.45, 7) is 5.58. The Kier molecular flexibility index (Phi) is 8.52. The van der Waals surface area contributed by atoms with Gasteiger partial charge in [-0.05, 0) is 75.5 Å². The molecule has 2 heterocycles. The molecular weight excluding hydrogens is 486 g/mol. The van der Waals surface area contributed by atoms with Crippen LogP contribution in [0, 0.1) is 6.92 Å². The van der Waals surface area contributed by atoms with Gasteiger partial charge in [-0.1, -0.05) is 54.1 Å². The fourth-order valence-corrected chi connectivity index (χ4v) is 5.62. The third-order valence-corrected chi connectivity index (χ3v) is 7.75. The van der Waals surface area contributed by atoms with Crippen LogP contribution >= 0.6 is 0 Å². The molecule has 3 aromatic carbocycles. The van der Waals surface area contributed by atoms with Gasteiger partial charge in [0.2, 0.25) is 0 Å². The number of aromatic nitrogens is 1. The predicted molar refractivity (Wildman–Crippen MR) is 157 cm³/mol. The molecule has 39 heavy (non-hydrogen) atoms. The SMILES string of the molecule is COc1cccc2[nH]c(C(=O)N3CCCC(c4ccccc4)CCN(C)Cc4cc(C)ccc4OCC3)cc12. The third kappa shape index (κ3) is 6.45. The molecule has 0 saturated heterocycles. The van der Waals surface area contributed by atoms with Crippen molar-refractivity contribution < 1.29 is 14.3 Å². The molecule has 1 N–H and O–H groups in total. The summed E-state index contributed by atoms with van der Waals surface area (Å²) >= 11 is 0. The van der Waals surface area contributed by atoms with Gasteiger partial charge in [0.25, 0.3) is 5.91 Å². The van der Waals surface area contributed by atoms with E-state index in [0.717, 1.165) is 54.8 Å². The van der Waals surface area contributed by atoms with Crippen molar-refractivity contribution in [3.8, 4) is 11.5 Å².